The van der Waals surface area contributed by atoms with Crippen LogP contribution in [0.3, 0.4) is 0 Å². The van der Waals surface area contributed by atoms with Crippen LogP contribution in [0.1, 0.15) is 13.8 Å². The third kappa shape index (κ3) is 1.70. The van der Waals surface area contributed by atoms with Crippen molar-refractivity contribution in [2.45, 2.75) is 13.8 Å². The normalized spacial score (nSPS) is 15.1. The Labute approximate surface area is 85.6 Å². The molecule has 1 aromatic carbocycles. The molecular formula is C10H14NO2P. The zero-order chi connectivity index (χ0) is 9.97. The molecule has 0 amide bonds. The van der Waals surface area contributed by atoms with Gasteiger partial charge in [-0.25, -0.2) is 4.67 Å². The molecule has 1 aromatic rings. The molecule has 0 unspecified atom stereocenters. The summed E-state index contributed by atoms with van der Waals surface area (Å²) in [5.41, 5.74) is 0. The van der Waals surface area contributed by atoms with Gasteiger partial charge in [-0.2, -0.15) is 0 Å². The molecule has 0 N–H and O–H groups in total. The van der Waals surface area contributed by atoms with Crippen LogP contribution in [0.5, 0.6) is 11.5 Å². The number of hydrogen-bond donors (Lipinski definition) is 0. The third-order valence-electron chi connectivity index (χ3n) is 2.16. The highest BCUT2D eigenvalue weighted by atomic mass is 31.2. The second kappa shape index (κ2) is 4.16. The van der Waals surface area contributed by atoms with Gasteiger partial charge in [0.1, 0.15) is 0 Å². The first-order chi connectivity index (χ1) is 6.85. The lowest BCUT2D eigenvalue weighted by Gasteiger charge is -2.20. The van der Waals surface area contributed by atoms with Gasteiger partial charge in [-0.05, 0) is 12.1 Å². The maximum Gasteiger partial charge on any atom is 0.384 e. The van der Waals surface area contributed by atoms with Gasteiger partial charge >= 0.3 is 8.53 Å². The fourth-order valence-corrected chi connectivity index (χ4v) is 2.73. The predicted octanol–water partition coefficient (Wildman–Crippen LogP) is 3.03. The van der Waals surface area contributed by atoms with E-state index in [1.165, 1.54) is 0 Å². The lowest BCUT2D eigenvalue weighted by atomic mass is 10.3. The van der Waals surface area contributed by atoms with Crippen LogP contribution >= 0.6 is 8.53 Å². The first kappa shape index (κ1) is 9.75. The number of fused-ring (bicyclic) bond motifs is 1. The minimum Gasteiger partial charge on any atom is -0.423 e. The van der Waals surface area contributed by atoms with Crippen LogP contribution in [0.4, 0.5) is 0 Å². The Morgan fingerprint density at radius 3 is 2.00 bits per heavy atom. The molecule has 0 saturated carbocycles. The average Bonchev–Trinajstić information content (AvgIpc) is 2.63. The van der Waals surface area contributed by atoms with E-state index in [2.05, 4.69) is 18.5 Å². The van der Waals surface area contributed by atoms with Crippen LogP contribution in [0.25, 0.3) is 0 Å². The molecule has 4 heteroatoms. The van der Waals surface area contributed by atoms with Crippen molar-refractivity contribution < 1.29 is 9.05 Å². The molecule has 14 heavy (non-hydrogen) atoms. The summed E-state index contributed by atoms with van der Waals surface area (Å²) < 4.78 is 13.6. The van der Waals surface area contributed by atoms with Crippen molar-refractivity contribution in [3.05, 3.63) is 24.3 Å². The molecule has 0 spiro atoms. The summed E-state index contributed by atoms with van der Waals surface area (Å²) in [6.07, 6.45) is 0. The lowest BCUT2D eigenvalue weighted by Crippen LogP contribution is -2.19. The van der Waals surface area contributed by atoms with E-state index >= 15 is 0 Å². The van der Waals surface area contributed by atoms with Gasteiger partial charge in [-0.3, -0.25) is 0 Å². The Hall–Kier alpha value is -0.790. The topological polar surface area (TPSA) is 21.7 Å². The van der Waals surface area contributed by atoms with Crippen molar-refractivity contribution in [3.8, 4) is 11.5 Å². The van der Waals surface area contributed by atoms with Gasteiger partial charge < -0.3 is 9.05 Å². The Balaban J connectivity index is 2.11. The molecule has 0 saturated heterocycles. The van der Waals surface area contributed by atoms with Crippen LogP contribution < -0.4 is 9.05 Å². The van der Waals surface area contributed by atoms with Crippen LogP contribution in [-0.2, 0) is 0 Å². The standard InChI is InChI=1S/C10H14NO2P/c1-3-11(4-2)14-12-9-7-5-6-8-10(9)13-14/h5-8H,3-4H2,1-2H3. The molecule has 3 nitrogen and oxygen atoms in total. The summed E-state index contributed by atoms with van der Waals surface area (Å²) in [4.78, 5) is 0. The summed E-state index contributed by atoms with van der Waals surface area (Å²) in [6, 6.07) is 7.81. The highest BCUT2D eigenvalue weighted by Crippen LogP contribution is 2.53. The average molecular weight is 211 g/mol. The van der Waals surface area contributed by atoms with E-state index in [0.717, 1.165) is 24.6 Å². The molecule has 76 valence electrons. The first-order valence-electron chi connectivity index (χ1n) is 4.85. The summed E-state index contributed by atoms with van der Waals surface area (Å²) >= 11 is 0. The summed E-state index contributed by atoms with van der Waals surface area (Å²) in [6.45, 7) is 6.13. The maximum atomic E-state index is 5.72. The zero-order valence-corrected chi connectivity index (χ0v) is 9.33. The number of para-hydroxylation sites is 2. The third-order valence-corrected chi connectivity index (χ3v) is 3.90. The van der Waals surface area contributed by atoms with Crippen molar-refractivity contribution in [1.29, 1.82) is 0 Å². The molecule has 0 fully saturated rings. The van der Waals surface area contributed by atoms with E-state index < -0.39 is 8.53 Å². The molecule has 0 aliphatic carbocycles. The van der Waals surface area contributed by atoms with Gasteiger partial charge in [-0.1, -0.05) is 26.0 Å². The summed E-state index contributed by atoms with van der Waals surface area (Å²) in [7, 11) is -0.902. The second-order valence-corrected chi connectivity index (χ2v) is 4.41. The van der Waals surface area contributed by atoms with Crippen LogP contribution in [0.2, 0.25) is 0 Å². The van der Waals surface area contributed by atoms with Crippen LogP contribution in [0, 0.1) is 0 Å². The second-order valence-electron chi connectivity index (χ2n) is 3.01. The predicted molar refractivity (Wildman–Crippen MR) is 57.5 cm³/mol. The van der Waals surface area contributed by atoms with Crippen molar-refractivity contribution in [3.63, 3.8) is 0 Å². The van der Waals surface area contributed by atoms with E-state index in [9.17, 15) is 0 Å². The lowest BCUT2D eigenvalue weighted by molar-refractivity contribution is 0.406. The first-order valence-corrected chi connectivity index (χ1v) is 5.98. The molecule has 0 atom stereocenters. The molecule has 2 rings (SSSR count). The van der Waals surface area contributed by atoms with Gasteiger partial charge in [0, 0.05) is 13.1 Å². The molecule has 1 aliphatic rings. The van der Waals surface area contributed by atoms with Gasteiger partial charge in [0.25, 0.3) is 0 Å². The minimum absolute atomic E-state index is 0.866. The monoisotopic (exact) mass is 211 g/mol. The highest BCUT2D eigenvalue weighted by Gasteiger charge is 2.30. The SMILES string of the molecule is CCN(CC)P1Oc2ccccc2O1. The molecule has 0 radical (unpaired) electrons. The molecule has 0 aromatic heterocycles. The van der Waals surface area contributed by atoms with Crippen LogP contribution in [-0.4, -0.2) is 17.8 Å². The number of hydrogen-bond acceptors (Lipinski definition) is 3. The fourth-order valence-electron chi connectivity index (χ4n) is 1.36. The van der Waals surface area contributed by atoms with Gasteiger partial charge in [0.15, 0.2) is 11.5 Å². The zero-order valence-electron chi connectivity index (χ0n) is 8.43. The molecule has 0 bridgehead atoms. The fraction of sp³-hybridized carbons (Fsp3) is 0.400. The van der Waals surface area contributed by atoms with Gasteiger partial charge in [0.2, 0.25) is 0 Å². The van der Waals surface area contributed by atoms with E-state index in [4.69, 9.17) is 9.05 Å². The van der Waals surface area contributed by atoms with E-state index in [0.29, 0.717) is 0 Å². The number of nitrogens with zero attached hydrogens (tertiary/aromatic N) is 1. The molecule has 1 aliphatic heterocycles. The molecule has 1 heterocycles. The van der Waals surface area contributed by atoms with Gasteiger partial charge in [0.05, 0.1) is 0 Å². The maximum absolute atomic E-state index is 5.72. The van der Waals surface area contributed by atoms with Crippen molar-refractivity contribution in [2.24, 2.45) is 0 Å². The minimum atomic E-state index is -0.902. The van der Waals surface area contributed by atoms with Crippen molar-refractivity contribution >= 4 is 8.53 Å². The smallest absolute Gasteiger partial charge is 0.384 e. The Morgan fingerprint density at radius 2 is 1.57 bits per heavy atom. The summed E-state index contributed by atoms with van der Waals surface area (Å²) in [5, 5.41) is 0. The highest BCUT2D eigenvalue weighted by molar-refractivity contribution is 7.45. The molecular weight excluding hydrogens is 197 g/mol. The largest absolute Gasteiger partial charge is 0.423 e. The van der Waals surface area contributed by atoms with E-state index in [1.807, 2.05) is 24.3 Å². The number of benzene rings is 1. The number of rotatable bonds is 3. The van der Waals surface area contributed by atoms with Crippen molar-refractivity contribution in [1.82, 2.24) is 4.67 Å². The van der Waals surface area contributed by atoms with E-state index in [1.54, 1.807) is 0 Å². The Bertz CT molecular complexity index is 290. The Morgan fingerprint density at radius 1 is 1.07 bits per heavy atom. The Kier molecular flexibility index (Phi) is 2.90. The van der Waals surface area contributed by atoms with Crippen molar-refractivity contribution in [2.75, 3.05) is 13.1 Å². The summed E-state index contributed by atoms with van der Waals surface area (Å²) in [5.74, 6) is 1.73. The van der Waals surface area contributed by atoms with Crippen LogP contribution in [0.15, 0.2) is 24.3 Å². The van der Waals surface area contributed by atoms with E-state index in [-0.39, 0.29) is 0 Å². The quantitative estimate of drug-likeness (QED) is 0.717. The van der Waals surface area contributed by atoms with Gasteiger partial charge in [-0.15, -0.1) is 0 Å².